The van der Waals surface area contributed by atoms with Crippen molar-refractivity contribution < 1.29 is 79.5 Å². The van der Waals surface area contributed by atoms with Gasteiger partial charge in [0.25, 0.3) is 10.3 Å². The third kappa shape index (κ3) is 65.0. The molecule has 0 saturated carbocycles. The maximum Gasteiger partial charge on any atom is 0.261 e. The van der Waals surface area contributed by atoms with E-state index in [1.807, 2.05) is 48.5 Å². The van der Waals surface area contributed by atoms with Crippen molar-refractivity contribution in [1.82, 2.24) is 10.6 Å². The van der Waals surface area contributed by atoms with Crippen LogP contribution >= 0.6 is 24.4 Å². The summed E-state index contributed by atoms with van der Waals surface area (Å²) in [7, 11) is 0. The van der Waals surface area contributed by atoms with Gasteiger partial charge in [0.15, 0.2) is 12.6 Å². The van der Waals surface area contributed by atoms with Gasteiger partial charge in [0.1, 0.15) is 62.0 Å². The van der Waals surface area contributed by atoms with Gasteiger partial charge in [0.05, 0.1) is 49.2 Å². The van der Waals surface area contributed by atoms with Gasteiger partial charge < -0.3 is 101 Å². The van der Waals surface area contributed by atoms with Crippen LogP contribution in [0.1, 0.15) is 555 Å². The molecule has 2 heterocycles. The summed E-state index contributed by atoms with van der Waals surface area (Å²) in [6.45, 7) is 20.2. The zero-order valence-corrected chi connectivity index (χ0v) is 95.4. The van der Waals surface area contributed by atoms with E-state index in [0.717, 1.165) is 152 Å². The molecule has 17 atom stereocenters. The molecule has 2 saturated heterocycles. The molecule has 0 aromatic heterocycles. The summed E-state index contributed by atoms with van der Waals surface area (Å²) in [5.41, 5.74) is 3.51. The number of nitrogens with one attached hydrogen (secondary N) is 4. The number of thiocarbonyl (C=S) groups is 2. The first-order valence-corrected chi connectivity index (χ1v) is 61.6. The van der Waals surface area contributed by atoms with Gasteiger partial charge in [-0.25, -0.2) is 0 Å². The molecule has 2 aromatic carbocycles. The van der Waals surface area contributed by atoms with E-state index in [9.17, 15) is 51.1 Å². The monoisotopic (exact) mass is 2070 g/mol. The predicted molar refractivity (Wildman–Crippen MR) is 610 cm³/mol. The van der Waals surface area contributed by atoms with E-state index in [4.69, 9.17) is 52.9 Å². The number of ether oxygens (including phenoxy) is 6. The zero-order chi connectivity index (χ0) is 105. The number of hydrogen-bond acceptors (Lipinski definition) is 20. The van der Waals surface area contributed by atoms with Crippen molar-refractivity contribution in [2.75, 3.05) is 43.5 Å². The summed E-state index contributed by atoms with van der Waals surface area (Å²) in [5, 5.41) is 130. The number of anilines is 2. The maximum absolute atomic E-state index is 12.5. The third-order valence-electron chi connectivity index (χ3n) is 30.7. The molecule has 0 aliphatic carbocycles. The van der Waals surface area contributed by atoms with E-state index < -0.39 is 104 Å². The maximum atomic E-state index is 12.5. The molecule has 0 spiro atoms. The fourth-order valence-electron chi connectivity index (χ4n) is 21.0. The van der Waals surface area contributed by atoms with E-state index in [1.54, 1.807) is 0 Å². The van der Waals surface area contributed by atoms with E-state index in [2.05, 4.69) is 83.6 Å². The fraction of sp³-hybridized carbons (Fsp3) is 0.885. The summed E-state index contributed by atoms with van der Waals surface area (Å²) < 4.78 is 37.4. The molecule has 2 fully saturated rings. The van der Waals surface area contributed by atoms with Crippen LogP contribution in [0.2, 0.25) is 0 Å². The Morgan fingerprint density at radius 3 is 0.951 bits per heavy atom. The SMILES string of the molecule is CCCCCCCCCCCCCCCCCCCCCCCCCCNC(CO[C@H]1O[C@H](COC(=S)Nc2ccccc2C(C)(C)C)[C@H](O)[C@H](O)[C@H]1O)C(O)C(O)CCCCCCCCCCCCCCC(O[C@H]1O[C@H](COC(=S)Nc2ccc(C(C)(C)C)cc2)[C@H](O)[C@H](O)[C@H]1O)[C@@H](NCCCCCCCCCCCCCCCCCCCCCCCCCC)[C@H](O)[C@H](O)CCCCCCCCCCCCCC. The van der Waals surface area contributed by atoms with Gasteiger partial charge in [0, 0.05) is 11.4 Å². The average Bonchev–Trinajstić information content (AvgIpc) is 0.818. The lowest BCUT2D eigenvalue weighted by Crippen LogP contribution is -2.62. The molecule has 0 radical (unpaired) electrons. The second-order valence-electron chi connectivity index (χ2n) is 46.0. The van der Waals surface area contributed by atoms with Gasteiger partial charge in [-0.15, -0.1) is 0 Å². The van der Waals surface area contributed by atoms with E-state index >= 15 is 0 Å². The van der Waals surface area contributed by atoms with Crippen molar-refractivity contribution in [1.29, 1.82) is 0 Å². The highest BCUT2D eigenvalue weighted by atomic mass is 32.1. The summed E-state index contributed by atoms with van der Waals surface area (Å²) in [6, 6.07) is 14.3. The van der Waals surface area contributed by atoms with Crippen LogP contribution in [0.25, 0.3) is 0 Å². The Morgan fingerprint density at radius 1 is 0.319 bits per heavy atom. The first-order chi connectivity index (χ1) is 69.8. The molecule has 842 valence electrons. The molecule has 0 amide bonds. The lowest BCUT2D eigenvalue weighted by molar-refractivity contribution is -0.314. The van der Waals surface area contributed by atoms with Gasteiger partial charge in [-0.2, -0.15) is 0 Å². The normalized spacial score (nSPS) is 20.0. The number of aliphatic hydroxyl groups excluding tert-OH is 10. The molecule has 144 heavy (non-hydrogen) atoms. The minimum atomic E-state index is -1.64. The number of rotatable bonds is 96. The highest BCUT2D eigenvalue weighted by Gasteiger charge is 2.48. The van der Waals surface area contributed by atoms with E-state index in [0.29, 0.717) is 32.4 Å². The summed E-state index contributed by atoms with van der Waals surface area (Å²) in [4.78, 5) is 0. The summed E-state index contributed by atoms with van der Waals surface area (Å²) in [6.07, 6.45) is 71.1. The largest absolute Gasteiger partial charge is 0.468 e. The predicted octanol–water partition coefficient (Wildman–Crippen LogP) is 29.1. The molecular formula is C122H226N4O16S2. The Labute approximate surface area is 892 Å². The number of para-hydroxylation sites is 1. The van der Waals surface area contributed by atoms with Crippen molar-refractivity contribution in [2.45, 2.75) is 659 Å². The van der Waals surface area contributed by atoms with Gasteiger partial charge in [-0.3, -0.25) is 0 Å². The number of benzene rings is 2. The average molecular weight is 2070 g/mol. The molecular weight excluding hydrogens is 1840 g/mol. The first-order valence-electron chi connectivity index (χ1n) is 60.8. The standard InChI is InChI=1S/C122H226N4O16S2/c1-10-13-16-19-22-25-28-31-33-35-37-39-41-43-45-47-49-51-55-60-65-70-75-82-93-123-102(95-137-117-115(135)113(133)111(131)106(141-117)96-139-120(144)126-101-85-81-80-84-100(101)122(7,8)9)109(129)103(127)86-77-72-67-62-58-53-54-59-64-69-74-79-88-105(140-118-116(136)114(134)112(132)107(142-118)97-138-119(143)125-99-91-89-98(90-92-99)121(4,5)6)108(110(130)104(128)87-78-73-68-63-57-30-27-24-21-18-15-12-3)124-94-83-76-71-66-61-56-52-50-48-46-44-42-40-38-36-34-32-29-26-23-20-17-14-11-2/h80-81,84-85,89-92,102-118,123-124,127-136H,10-79,82-83,86-88,93-97H2,1-9H3,(H,125,143)(H,126,144)/t102?,103?,104-,105?,106-,107-,108-,109?,110-,111+,112+,113+,114+,115-,116-,117+,118+/m1/s1. The Hall–Kier alpha value is -2.82. The minimum absolute atomic E-state index is 0.0334. The quantitative estimate of drug-likeness (QED) is 0.0216. The van der Waals surface area contributed by atoms with Gasteiger partial charge in [-0.05, 0) is 110 Å². The summed E-state index contributed by atoms with van der Waals surface area (Å²) in [5.74, 6) is 0. The van der Waals surface area contributed by atoms with Crippen LogP contribution in [0, 0.1) is 0 Å². The molecule has 22 heteroatoms. The lowest BCUT2D eigenvalue weighted by Gasteiger charge is -2.43. The Balaban J connectivity index is 1.31. The molecule has 0 bridgehead atoms. The molecule has 14 N–H and O–H groups in total. The topological polar surface area (TPSA) is 306 Å². The second-order valence-corrected chi connectivity index (χ2v) is 46.8. The van der Waals surface area contributed by atoms with Crippen LogP contribution in [-0.4, -0.2) is 198 Å². The highest BCUT2D eigenvalue weighted by molar-refractivity contribution is 7.80. The van der Waals surface area contributed by atoms with Crippen LogP contribution in [0.4, 0.5) is 11.4 Å². The first kappa shape index (κ1) is 133. The number of unbranched alkanes of at least 4 members (excludes halogenated alkanes) is 68. The number of hydrogen-bond donors (Lipinski definition) is 14. The smallest absolute Gasteiger partial charge is 0.261 e. The van der Waals surface area contributed by atoms with Crippen molar-refractivity contribution in [2.24, 2.45) is 0 Å². The van der Waals surface area contributed by atoms with Gasteiger partial charge >= 0.3 is 0 Å². The lowest BCUT2D eigenvalue weighted by atomic mass is 9.86. The van der Waals surface area contributed by atoms with Crippen LogP contribution in [0.3, 0.4) is 0 Å². The minimum Gasteiger partial charge on any atom is -0.468 e. The Kier molecular flexibility index (Phi) is 81.1. The molecule has 2 aliphatic rings. The molecule has 20 nitrogen and oxygen atoms in total. The van der Waals surface area contributed by atoms with Crippen LogP contribution in [0.15, 0.2) is 48.5 Å². The van der Waals surface area contributed by atoms with E-state index in [1.165, 1.54) is 333 Å². The van der Waals surface area contributed by atoms with E-state index in [-0.39, 0.29) is 41.0 Å². The molecule has 2 aromatic rings. The van der Waals surface area contributed by atoms with Crippen LogP contribution in [-0.2, 0) is 39.3 Å². The van der Waals surface area contributed by atoms with Gasteiger partial charge in [0.2, 0.25) is 0 Å². The van der Waals surface area contributed by atoms with Crippen molar-refractivity contribution in [3.63, 3.8) is 0 Å². The van der Waals surface area contributed by atoms with Crippen LogP contribution in [0.5, 0.6) is 0 Å². The van der Waals surface area contributed by atoms with Gasteiger partial charge in [-0.1, -0.05) is 542 Å². The van der Waals surface area contributed by atoms with Crippen molar-refractivity contribution in [3.8, 4) is 0 Å². The van der Waals surface area contributed by atoms with Crippen LogP contribution < -0.4 is 21.3 Å². The summed E-state index contributed by atoms with van der Waals surface area (Å²) >= 11 is 11.2. The van der Waals surface area contributed by atoms with Crippen molar-refractivity contribution in [3.05, 3.63) is 59.7 Å². The Bertz CT molecular complexity index is 3250. The zero-order valence-electron chi connectivity index (χ0n) is 93.7. The second kappa shape index (κ2) is 87.5. The fourth-order valence-corrected chi connectivity index (χ4v) is 21.3. The highest BCUT2D eigenvalue weighted by Crippen LogP contribution is 2.34. The molecule has 2 aliphatic heterocycles. The number of aliphatic hydroxyl groups is 10. The molecule has 4 unspecified atom stereocenters. The third-order valence-corrected chi connectivity index (χ3v) is 31.2. The molecule has 4 rings (SSSR count). The van der Waals surface area contributed by atoms with Crippen molar-refractivity contribution >= 4 is 46.2 Å². The Morgan fingerprint density at radius 2 is 0.611 bits per heavy atom.